The lowest BCUT2D eigenvalue weighted by molar-refractivity contribution is -0.897. The van der Waals surface area contributed by atoms with Crippen LogP contribution in [0.4, 0.5) is 5.69 Å². The molecule has 0 aliphatic heterocycles. The first-order valence-electron chi connectivity index (χ1n) is 9.00. The molecule has 1 aliphatic carbocycles. The molecule has 3 nitrogen and oxygen atoms in total. The average molecular weight is 343 g/mol. The van der Waals surface area contributed by atoms with Gasteiger partial charge >= 0.3 is 0 Å². The standard InChI is InChI=1S/C23H22N2O/c1-16-11-13-17(14-12-16)24-22(26)15-25(2)23-20-9-5-3-7-18(20)19-8-4-6-10-21(19)23/h3-14,23H,15H2,1-2H3,(H,24,26)/p+1. The van der Waals surface area contributed by atoms with E-state index in [1.165, 1.54) is 32.7 Å². The number of quaternary nitrogens is 1. The molecule has 1 unspecified atom stereocenters. The highest BCUT2D eigenvalue weighted by Crippen LogP contribution is 2.41. The number of aryl methyl sites for hydroxylation is 1. The van der Waals surface area contributed by atoms with Gasteiger partial charge in [0.1, 0.15) is 6.04 Å². The molecule has 3 aromatic carbocycles. The van der Waals surface area contributed by atoms with Crippen LogP contribution in [0.15, 0.2) is 72.8 Å². The Morgan fingerprint density at radius 3 is 2.00 bits per heavy atom. The summed E-state index contributed by atoms with van der Waals surface area (Å²) in [4.78, 5) is 13.7. The highest BCUT2D eigenvalue weighted by Gasteiger charge is 2.34. The number of carbonyl (C=O) groups is 1. The molecule has 0 aromatic heterocycles. The molecule has 0 bridgehead atoms. The maximum atomic E-state index is 12.6. The zero-order chi connectivity index (χ0) is 18.1. The molecule has 1 atom stereocenters. The van der Waals surface area contributed by atoms with Crippen LogP contribution in [0.5, 0.6) is 0 Å². The minimum absolute atomic E-state index is 0.0354. The van der Waals surface area contributed by atoms with Gasteiger partial charge < -0.3 is 10.2 Å². The van der Waals surface area contributed by atoms with Crippen LogP contribution in [0.2, 0.25) is 0 Å². The van der Waals surface area contributed by atoms with Crippen LogP contribution in [0.25, 0.3) is 11.1 Å². The van der Waals surface area contributed by atoms with Gasteiger partial charge in [0, 0.05) is 16.8 Å². The zero-order valence-electron chi connectivity index (χ0n) is 15.1. The molecule has 2 N–H and O–H groups in total. The number of hydrogen-bond acceptors (Lipinski definition) is 1. The molecule has 0 saturated heterocycles. The fourth-order valence-electron chi connectivity index (χ4n) is 3.88. The van der Waals surface area contributed by atoms with E-state index < -0.39 is 0 Å². The second-order valence-corrected chi connectivity index (χ2v) is 7.04. The Balaban J connectivity index is 1.55. The van der Waals surface area contributed by atoms with Crippen molar-refractivity contribution in [3.05, 3.63) is 89.5 Å². The molecule has 26 heavy (non-hydrogen) atoms. The lowest BCUT2D eigenvalue weighted by Crippen LogP contribution is -3.10. The van der Waals surface area contributed by atoms with Gasteiger partial charge in [-0.3, -0.25) is 4.79 Å². The molecule has 0 saturated carbocycles. The molecular formula is C23H23N2O+. The van der Waals surface area contributed by atoms with Crippen molar-refractivity contribution in [1.82, 2.24) is 0 Å². The molecule has 3 aromatic rings. The Bertz CT molecular complexity index is 901. The van der Waals surface area contributed by atoms with Crippen molar-refractivity contribution in [2.24, 2.45) is 0 Å². The first-order valence-corrected chi connectivity index (χ1v) is 9.00. The molecule has 0 fully saturated rings. The predicted molar refractivity (Wildman–Crippen MR) is 105 cm³/mol. The van der Waals surface area contributed by atoms with Crippen LogP contribution in [-0.4, -0.2) is 19.5 Å². The minimum atomic E-state index is 0.0354. The van der Waals surface area contributed by atoms with Crippen molar-refractivity contribution in [1.29, 1.82) is 0 Å². The summed E-state index contributed by atoms with van der Waals surface area (Å²) in [7, 11) is 2.10. The lowest BCUT2D eigenvalue weighted by Gasteiger charge is -2.22. The van der Waals surface area contributed by atoms with Gasteiger partial charge in [0.2, 0.25) is 0 Å². The van der Waals surface area contributed by atoms with Gasteiger partial charge in [0.15, 0.2) is 6.54 Å². The zero-order valence-corrected chi connectivity index (χ0v) is 15.1. The van der Waals surface area contributed by atoms with E-state index >= 15 is 0 Å². The Labute approximate surface area is 154 Å². The van der Waals surface area contributed by atoms with Gasteiger partial charge in [0.25, 0.3) is 5.91 Å². The van der Waals surface area contributed by atoms with Crippen molar-refractivity contribution in [3.63, 3.8) is 0 Å². The van der Waals surface area contributed by atoms with Gasteiger partial charge in [-0.1, -0.05) is 66.2 Å². The van der Waals surface area contributed by atoms with Crippen molar-refractivity contribution in [2.75, 3.05) is 18.9 Å². The third-order valence-electron chi connectivity index (χ3n) is 5.10. The van der Waals surface area contributed by atoms with Crippen molar-refractivity contribution >= 4 is 11.6 Å². The first-order chi connectivity index (χ1) is 12.6. The molecule has 0 heterocycles. The fraction of sp³-hybridized carbons (Fsp3) is 0.174. The Hall–Kier alpha value is -2.91. The third kappa shape index (κ3) is 3.02. The summed E-state index contributed by atoms with van der Waals surface area (Å²) in [6.07, 6.45) is 0. The molecule has 0 spiro atoms. The van der Waals surface area contributed by atoms with Gasteiger partial charge in [-0.05, 0) is 30.2 Å². The highest BCUT2D eigenvalue weighted by atomic mass is 16.2. The summed E-state index contributed by atoms with van der Waals surface area (Å²) >= 11 is 0. The summed E-state index contributed by atoms with van der Waals surface area (Å²) in [5.74, 6) is 0.0354. The van der Waals surface area contributed by atoms with E-state index in [0.717, 1.165) is 5.69 Å². The number of hydrogen-bond donors (Lipinski definition) is 2. The quantitative estimate of drug-likeness (QED) is 0.749. The normalized spacial score (nSPS) is 13.8. The van der Waals surface area contributed by atoms with Crippen LogP contribution >= 0.6 is 0 Å². The summed E-state index contributed by atoms with van der Waals surface area (Å²) in [5, 5.41) is 3.01. The average Bonchev–Trinajstić information content (AvgIpc) is 2.98. The third-order valence-corrected chi connectivity index (χ3v) is 5.10. The number of likely N-dealkylation sites (N-methyl/N-ethyl adjacent to an activating group) is 1. The highest BCUT2D eigenvalue weighted by molar-refractivity contribution is 5.91. The second kappa shape index (κ2) is 6.77. The van der Waals surface area contributed by atoms with Crippen molar-refractivity contribution in [2.45, 2.75) is 13.0 Å². The Kier molecular flexibility index (Phi) is 4.31. The van der Waals surface area contributed by atoms with Gasteiger partial charge in [-0.15, -0.1) is 0 Å². The number of nitrogens with one attached hydrogen (secondary N) is 2. The van der Waals surface area contributed by atoms with Crippen LogP contribution < -0.4 is 10.2 Å². The second-order valence-electron chi connectivity index (χ2n) is 7.04. The lowest BCUT2D eigenvalue weighted by atomic mass is 10.0. The molecule has 3 heteroatoms. The topological polar surface area (TPSA) is 33.5 Å². The van der Waals surface area contributed by atoms with E-state index in [9.17, 15) is 4.79 Å². The van der Waals surface area contributed by atoms with E-state index in [2.05, 4.69) is 60.9 Å². The Morgan fingerprint density at radius 2 is 1.42 bits per heavy atom. The minimum Gasteiger partial charge on any atom is -0.321 e. The van der Waals surface area contributed by atoms with Crippen molar-refractivity contribution in [3.8, 4) is 11.1 Å². The number of rotatable bonds is 4. The van der Waals surface area contributed by atoms with Crippen molar-refractivity contribution < 1.29 is 9.69 Å². The summed E-state index contributed by atoms with van der Waals surface area (Å²) in [6, 6.07) is 25.1. The Morgan fingerprint density at radius 1 is 0.885 bits per heavy atom. The van der Waals surface area contributed by atoms with Crippen LogP contribution in [0.3, 0.4) is 0 Å². The van der Waals surface area contributed by atoms with E-state index in [1.807, 2.05) is 31.2 Å². The fourth-order valence-corrected chi connectivity index (χ4v) is 3.88. The van der Waals surface area contributed by atoms with E-state index in [1.54, 1.807) is 0 Å². The van der Waals surface area contributed by atoms with Gasteiger partial charge in [0.05, 0.1) is 7.05 Å². The van der Waals surface area contributed by atoms with Crippen LogP contribution in [0.1, 0.15) is 22.7 Å². The number of carbonyl (C=O) groups excluding carboxylic acids is 1. The molecule has 4 rings (SSSR count). The summed E-state index contributed by atoms with van der Waals surface area (Å²) in [5.41, 5.74) is 7.20. The summed E-state index contributed by atoms with van der Waals surface area (Å²) < 4.78 is 0. The number of benzene rings is 3. The molecule has 0 radical (unpaired) electrons. The monoisotopic (exact) mass is 343 g/mol. The maximum Gasteiger partial charge on any atom is 0.279 e. The maximum absolute atomic E-state index is 12.6. The number of amides is 1. The predicted octanol–water partition coefficient (Wildman–Crippen LogP) is 3.22. The smallest absolute Gasteiger partial charge is 0.279 e. The molecule has 1 aliphatic rings. The number of fused-ring (bicyclic) bond motifs is 3. The largest absolute Gasteiger partial charge is 0.321 e. The van der Waals surface area contributed by atoms with Gasteiger partial charge in [-0.25, -0.2) is 0 Å². The summed E-state index contributed by atoms with van der Waals surface area (Å²) in [6.45, 7) is 2.46. The van der Waals surface area contributed by atoms with E-state index in [4.69, 9.17) is 0 Å². The van der Waals surface area contributed by atoms with E-state index in [0.29, 0.717) is 6.54 Å². The SMILES string of the molecule is Cc1ccc(NC(=O)C[NH+](C)C2c3ccccc3-c3ccccc32)cc1. The molecular weight excluding hydrogens is 320 g/mol. The van der Waals surface area contributed by atoms with Crippen LogP contribution in [0, 0.1) is 6.92 Å². The van der Waals surface area contributed by atoms with Crippen LogP contribution in [-0.2, 0) is 4.79 Å². The van der Waals surface area contributed by atoms with Gasteiger partial charge in [-0.2, -0.15) is 0 Å². The number of anilines is 1. The molecule has 130 valence electrons. The first kappa shape index (κ1) is 16.6. The van der Waals surface area contributed by atoms with E-state index in [-0.39, 0.29) is 11.9 Å². The molecule has 1 amide bonds.